The Bertz CT molecular complexity index is 3160. The molecule has 6 N–H and O–H groups in total. The summed E-state index contributed by atoms with van der Waals surface area (Å²) in [5.41, 5.74) is 3.94. The highest BCUT2D eigenvalue weighted by atomic mass is 19.1. The molecule has 2 aromatic carbocycles. The van der Waals surface area contributed by atoms with Gasteiger partial charge in [0.15, 0.2) is 0 Å². The number of aromatic nitrogens is 2. The maximum absolute atomic E-state index is 15.4. The maximum Gasteiger partial charge on any atom is 0.320 e. The van der Waals surface area contributed by atoms with Gasteiger partial charge in [0, 0.05) is 42.1 Å². The Balaban J connectivity index is 0.813. The molecule has 0 bridgehead atoms. The van der Waals surface area contributed by atoms with E-state index in [1.54, 1.807) is 17.6 Å². The summed E-state index contributed by atoms with van der Waals surface area (Å²) in [6, 6.07) is 10.6. The van der Waals surface area contributed by atoms with Crippen molar-refractivity contribution >= 4 is 64.1 Å². The van der Waals surface area contributed by atoms with E-state index in [0.717, 1.165) is 16.0 Å². The van der Waals surface area contributed by atoms with Crippen LogP contribution in [0.3, 0.4) is 0 Å². The molecule has 2 aromatic heterocycles. The zero-order valence-electron chi connectivity index (χ0n) is 42.8. The van der Waals surface area contributed by atoms with E-state index in [1.165, 1.54) is 24.3 Å². The number of esters is 1. The van der Waals surface area contributed by atoms with Gasteiger partial charge >= 0.3 is 5.97 Å². The number of unbranched alkanes of at least 4 members (excludes halogenated alkanes) is 2. The van der Waals surface area contributed by atoms with Gasteiger partial charge in [-0.2, -0.15) is 0 Å². The summed E-state index contributed by atoms with van der Waals surface area (Å²) >= 11 is 0. The number of benzene rings is 2. The highest BCUT2D eigenvalue weighted by Gasteiger charge is 2.45. The van der Waals surface area contributed by atoms with Crippen molar-refractivity contribution in [3.05, 3.63) is 122 Å². The minimum atomic E-state index is -1.25. The minimum absolute atomic E-state index is 0.109. The Morgan fingerprint density at radius 1 is 0.883 bits per heavy atom. The van der Waals surface area contributed by atoms with Gasteiger partial charge in [0.2, 0.25) is 35.4 Å². The Hall–Kier alpha value is -8.40. The highest BCUT2D eigenvalue weighted by molar-refractivity contribution is 6.12. The molecule has 1 aliphatic carbocycles. The molecule has 5 heterocycles. The molecule has 3 aliphatic heterocycles. The number of nitrogens with zero attached hydrogens (tertiary/aromatic N) is 3. The molecule has 8 rings (SSSR count). The van der Waals surface area contributed by atoms with Crippen LogP contribution in [0.4, 0.5) is 4.39 Å². The van der Waals surface area contributed by atoms with E-state index in [0.29, 0.717) is 95.1 Å². The van der Waals surface area contributed by atoms with E-state index in [9.17, 15) is 47.9 Å². The summed E-state index contributed by atoms with van der Waals surface area (Å²) in [6.07, 6.45) is 7.23. The number of fused-ring (bicyclic) bond motifs is 5. The first-order valence-electron chi connectivity index (χ1n) is 25.6. The number of rotatable bonds is 24. The number of cyclic esters (lactones) is 1. The predicted octanol–water partition coefficient (Wildman–Crippen LogP) is 1.91. The van der Waals surface area contributed by atoms with Gasteiger partial charge in [-0.05, 0) is 85.8 Å². The minimum Gasteiger partial charge on any atom is -0.460 e. The van der Waals surface area contributed by atoms with Crippen molar-refractivity contribution in [1.29, 1.82) is 0 Å². The second-order valence-electron chi connectivity index (χ2n) is 19.3. The average molecular weight is 1060 g/mol. The van der Waals surface area contributed by atoms with Crippen molar-refractivity contribution in [2.24, 2.45) is 0 Å². The Kier molecular flexibility index (Phi) is 17.1. The van der Waals surface area contributed by atoms with Gasteiger partial charge in [-0.1, -0.05) is 49.8 Å². The molecule has 0 saturated heterocycles. The third kappa shape index (κ3) is 12.0. The van der Waals surface area contributed by atoms with Gasteiger partial charge in [-0.15, -0.1) is 6.58 Å². The lowest BCUT2D eigenvalue weighted by Gasteiger charge is -2.33. The first-order valence-corrected chi connectivity index (χ1v) is 25.6. The molecule has 0 unspecified atom stereocenters. The SMILES string of the molecule is C=C[C@]1(CC)C(=O)OCc2c1cc1n(c2=O)Cc2c-1nc1cc(F)c(C)c3c1c2[C@@H](NC(=O)COCNC(=O)CNC(=O)[C@H](CCc1ccccc1)NC(=O)CNC(=O)CNC(=O)CCCCCN1C(=O)C=CC1=O)CC3. The summed E-state index contributed by atoms with van der Waals surface area (Å²) in [4.78, 5) is 134. The summed E-state index contributed by atoms with van der Waals surface area (Å²) in [5, 5.41) is 16.2. The quantitative estimate of drug-likeness (QED) is 0.0170. The maximum atomic E-state index is 15.4. The Morgan fingerprint density at radius 3 is 2.34 bits per heavy atom. The fourth-order valence-corrected chi connectivity index (χ4v) is 10.3. The average Bonchev–Trinajstić information content (AvgIpc) is 4.00. The third-order valence-electron chi connectivity index (χ3n) is 14.5. The van der Waals surface area contributed by atoms with Crippen LogP contribution in [0.25, 0.3) is 22.3 Å². The highest BCUT2D eigenvalue weighted by Crippen LogP contribution is 2.46. The number of carbonyl (C=O) groups excluding carboxylic acids is 9. The van der Waals surface area contributed by atoms with E-state index in [4.69, 9.17) is 14.5 Å². The summed E-state index contributed by atoms with van der Waals surface area (Å²) < 4.78 is 28.0. The van der Waals surface area contributed by atoms with E-state index in [1.807, 2.05) is 37.3 Å². The summed E-state index contributed by atoms with van der Waals surface area (Å²) in [5.74, 6) is -5.28. The van der Waals surface area contributed by atoms with Crippen molar-refractivity contribution in [1.82, 2.24) is 46.4 Å². The number of aryl methyl sites for hydroxylation is 2. The van der Waals surface area contributed by atoms with E-state index < -0.39 is 97.7 Å². The predicted molar refractivity (Wildman–Crippen MR) is 275 cm³/mol. The molecule has 0 fully saturated rings. The topological polar surface area (TPSA) is 282 Å². The number of amides is 8. The molecule has 0 spiro atoms. The lowest BCUT2D eigenvalue weighted by molar-refractivity contribution is -0.152. The molecule has 77 heavy (non-hydrogen) atoms. The Labute approximate surface area is 441 Å². The number of imide groups is 1. The number of carbonyl (C=O) groups is 9. The van der Waals surface area contributed by atoms with Gasteiger partial charge in [-0.3, -0.25) is 52.8 Å². The van der Waals surface area contributed by atoms with E-state index >= 15 is 4.39 Å². The van der Waals surface area contributed by atoms with Crippen LogP contribution in [0.1, 0.15) is 96.9 Å². The van der Waals surface area contributed by atoms with Crippen molar-refractivity contribution in [2.75, 3.05) is 39.5 Å². The molecular formula is C55H60FN9O12. The normalized spacial score (nSPS) is 17.2. The molecule has 0 saturated carbocycles. The lowest BCUT2D eigenvalue weighted by Crippen LogP contribution is -2.51. The van der Waals surface area contributed by atoms with Gasteiger partial charge in [0.25, 0.3) is 17.4 Å². The molecule has 22 heteroatoms. The van der Waals surface area contributed by atoms with Gasteiger partial charge in [0.1, 0.15) is 37.2 Å². The zero-order valence-corrected chi connectivity index (χ0v) is 42.8. The van der Waals surface area contributed by atoms with Crippen molar-refractivity contribution in [2.45, 2.75) is 102 Å². The standard InChI is InChI=1S/C55H60FN9O12/c1-4-55(5-2)36-22-41-51-34(27-65(41)53(74)35(36)28-77-54(55)75)50-38(18-16-33-31(3)37(56)23-40(63-51)49(33)50)61-46(70)29-76-30-60-44(68)25-59-52(73)39(17-15-32-12-8-6-9-13-32)62-45(69)26-58-43(67)24-57-42(66)14-10-7-11-21-64-47(71)19-20-48(64)72/h4,6,8-9,12-13,19-20,22-23,38-39H,1,5,7,10-11,14-18,21,24-30H2,2-3H3,(H,57,66)(H,58,67)(H,59,73)(H,60,68)(H,61,70)(H,62,69)/t38-,39-,55+/m0/s1. The van der Waals surface area contributed by atoms with Crippen LogP contribution in [-0.4, -0.2) is 113 Å². The van der Waals surface area contributed by atoms with Crippen LogP contribution in [0.15, 0.2) is 72.1 Å². The molecular weight excluding hydrogens is 998 g/mol. The fourth-order valence-electron chi connectivity index (χ4n) is 10.3. The zero-order chi connectivity index (χ0) is 55.0. The molecule has 4 aromatic rings. The van der Waals surface area contributed by atoms with Crippen molar-refractivity contribution in [3.63, 3.8) is 0 Å². The summed E-state index contributed by atoms with van der Waals surface area (Å²) in [7, 11) is 0. The van der Waals surface area contributed by atoms with E-state index in [2.05, 4.69) is 38.5 Å². The van der Waals surface area contributed by atoms with Gasteiger partial charge in [0.05, 0.1) is 54.7 Å². The molecule has 21 nitrogen and oxygen atoms in total. The fraction of sp³-hybridized carbons (Fsp3) is 0.400. The largest absolute Gasteiger partial charge is 0.460 e. The van der Waals surface area contributed by atoms with Crippen LogP contribution >= 0.6 is 0 Å². The Morgan fingerprint density at radius 2 is 1.60 bits per heavy atom. The first kappa shape index (κ1) is 54.8. The number of nitrogens with one attached hydrogen (secondary N) is 6. The van der Waals surface area contributed by atoms with Crippen LogP contribution in [0.5, 0.6) is 0 Å². The lowest BCUT2D eigenvalue weighted by atomic mass is 9.75. The van der Waals surface area contributed by atoms with E-state index in [-0.39, 0.29) is 49.9 Å². The van der Waals surface area contributed by atoms with Crippen LogP contribution in [0.2, 0.25) is 0 Å². The second-order valence-corrected chi connectivity index (χ2v) is 19.3. The van der Waals surface area contributed by atoms with Gasteiger partial charge < -0.3 is 45.9 Å². The molecule has 404 valence electrons. The van der Waals surface area contributed by atoms with Crippen LogP contribution in [-0.2, 0) is 84.0 Å². The van der Waals surface area contributed by atoms with Gasteiger partial charge in [-0.25, -0.2) is 9.37 Å². The number of pyridine rings is 2. The summed E-state index contributed by atoms with van der Waals surface area (Å²) in [6.45, 7) is 5.28. The molecule has 8 amide bonds. The second kappa shape index (κ2) is 24.1. The van der Waals surface area contributed by atoms with Crippen LogP contribution < -0.4 is 37.5 Å². The smallest absolute Gasteiger partial charge is 0.320 e. The first-order chi connectivity index (χ1) is 37.0. The molecule has 3 atom stereocenters. The van der Waals surface area contributed by atoms with Crippen molar-refractivity contribution < 1.29 is 57.0 Å². The third-order valence-corrected chi connectivity index (χ3v) is 14.5. The monoisotopic (exact) mass is 1060 g/mol. The number of hydrogen-bond donors (Lipinski definition) is 6. The molecule has 0 radical (unpaired) electrons. The van der Waals surface area contributed by atoms with Crippen LogP contribution in [0, 0.1) is 12.7 Å². The molecule has 4 aliphatic rings. The number of hydrogen-bond acceptors (Lipinski definition) is 13. The van der Waals surface area contributed by atoms with Crippen molar-refractivity contribution in [3.8, 4) is 11.4 Å². The number of ether oxygens (including phenoxy) is 2. The number of halogens is 1.